The van der Waals surface area contributed by atoms with E-state index < -0.39 is 0 Å². The van der Waals surface area contributed by atoms with Crippen LogP contribution in [0.3, 0.4) is 0 Å². The Kier molecular flexibility index (Phi) is 4.52. The van der Waals surface area contributed by atoms with Crippen LogP contribution in [0.25, 0.3) is 5.65 Å². The molecule has 2 aromatic rings. The minimum Gasteiger partial charge on any atom is -0.393 e. The normalized spacial score (nSPS) is 13.1. The van der Waals surface area contributed by atoms with E-state index in [1.165, 1.54) is 0 Å². The predicted octanol–water partition coefficient (Wildman–Crippen LogP) is 1.21. The average Bonchev–Trinajstić information content (AvgIpc) is 2.36. The van der Waals surface area contributed by atoms with Crippen molar-refractivity contribution in [3.05, 3.63) is 46.0 Å². The fourth-order valence-electron chi connectivity index (χ4n) is 2.21. The Morgan fingerprint density at radius 1 is 1.45 bits per heavy atom. The molecule has 0 saturated carbocycles. The quantitative estimate of drug-likeness (QED) is 0.891. The molecule has 0 saturated heterocycles. The Morgan fingerprint density at radius 3 is 2.90 bits per heavy atom. The number of aromatic nitrogens is 2. The van der Waals surface area contributed by atoms with Gasteiger partial charge in [0, 0.05) is 24.8 Å². The Balaban J connectivity index is 2.22. The zero-order valence-corrected chi connectivity index (χ0v) is 12.2. The molecule has 0 bridgehead atoms. The van der Waals surface area contributed by atoms with E-state index in [-0.39, 0.29) is 11.7 Å². The molecule has 5 nitrogen and oxygen atoms in total. The Morgan fingerprint density at radius 2 is 2.20 bits per heavy atom. The van der Waals surface area contributed by atoms with Crippen LogP contribution in [0.15, 0.2) is 29.1 Å². The van der Waals surface area contributed by atoms with Crippen LogP contribution in [0.1, 0.15) is 24.7 Å². The number of aliphatic hydroxyl groups is 1. The molecule has 5 heteroatoms. The Hall–Kier alpha value is -1.72. The lowest BCUT2D eigenvalue weighted by molar-refractivity contribution is 0.162. The number of aliphatic hydroxyl groups excluding tert-OH is 1. The van der Waals surface area contributed by atoms with Crippen LogP contribution in [0, 0.1) is 6.92 Å². The molecule has 1 unspecified atom stereocenters. The van der Waals surface area contributed by atoms with Gasteiger partial charge in [-0.1, -0.05) is 6.07 Å². The second-order valence-electron chi connectivity index (χ2n) is 5.32. The molecule has 1 N–H and O–H groups in total. The smallest absolute Gasteiger partial charge is 0.258 e. The molecule has 0 radical (unpaired) electrons. The van der Waals surface area contributed by atoms with Gasteiger partial charge in [-0.3, -0.25) is 9.20 Å². The van der Waals surface area contributed by atoms with Gasteiger partial charge in [0.05, 0.1) is 11.8 Å². The molecule has 0 amide bonds. The molecule has 0 aliphatic carbocycles. The van der Waals surface area contributed by atoms with Gasteiger partial charge in [-0.15, -0.1) is 0 Å². The van der Waals surface area contributed by atoms with Crippen LogP contribution < -0.4 is 5.56 Å². The molecule has 20 heavy (non-hydrogen) atoms. The molecule has 2 rings (SSSR count). The van der Waals surface area contributed by atoms with Crippen molar-refractivity contribution in [2.45, 2.75) is 32.9 Å². The highest BCUT2D eigenvalue weighted by atomic mass is 16.3. The first-order chi connectivity index (χ1) is 9.47. The standard InChI is InChI=1S/C15H21N3O2/c1-11-5-4-6-14-16-13(9-15(20)18(11)14)10-17(3)8-7-12(2)19/h4-6,9,12,19H,7-8,10H2,1-3H3. The van der Waals surface area contributed by atoms with Crippen LogP contribution in [0.2, 0.25) is 0 Å². The van der Waals surface area contributed by atoms with Crippen molar-refractivity contribution in [1.82, 2.24) is 14.3 Å². The van der Waals surface area contributed by atoms with Crippen molar-refractivity contribution in [2.24, 2.45) is 0 Å². The third kappa shape index (κ3) is 3.43. The molecule has 1 atom stereocenters. The number of hydrogen-bond donors (Lipinski definition) is 1. The second kappa shape index (κ2) is 6.15. The summed E-state index contributed by atoms with van der Waals surface area (Å²) >= 11 is 0. The maximum Gasteiger partial charge on any atom is 0.258 e. The fourth-order valence-corrected chi connectivity index (χ4v) is 2.21. The maximum absolute atomic E-state index is 12.1. The molecular formula is C15H21N3O2. The topological polar surface area (TPSA) is 57.8 Å². The third-order valence-electron chi connectivity index (χ3n) is 3.29. The number of aryl methyl sites for hydroxylation is 1. The van der Waals surface area contributed by atoms with Crippen molar-refractivity contribution in [3.63, 3.8) is 0 Å². The van der Waals surface area contributed by atoms with Gasteiger partial charge < -0.3 is 10.0 Å². The van der Waals surface area contributed by atoms with Crippen LogP contribution >= 0.6 is 0 Å². The molecule has 108 valence electrons. The summed E-state index contributed by atoms with van der Waals surface area (Å²) in [4.78, 5) is 18.7. The van der Waals surface area contributed by atoms with Crippen LogP contribution in [-0.2, 0) is 6.54 Å². The van der Waals surface area contributed by atoms with Gasteiger partial charge in [0.2, 0.25) is 0 Å². The van der Waals surface area contributed by atoms with Crippen LogP contribution in [0.5, 0.6) is 0 Å². The molecule has 2 aromatic heterocycles. The summed E-state index contributed by atoms with van der Waals surface area (Å²) in [6, 6.07) is 7.22. The van der Waals surface area contributed by atoms with Gasteiger partial charge in [-0.2, -0.15) is 0 Å². The first kappa shape index (κ1) is 14.7. The summed E-state index contributed by atoms with van der Waals surface area (Å²) in [6.45, 7) is 5.04. The van der Waals surface area contributed by atoms with Gasteiger partial charge in [0.1, 0.15) is 5.65 Å². The summed E-state index contributed by atoms with van der Waals surface area (Å²) in [5.74, 6) is 0. The number of fused-ring (bicyclic) bond motifs is 1. The first-order valence-electron chi connectivity index (χ1n) is 6.82. The van der Waals surface area contributed by atoms with E-state index in [4.69, 9.17) is 0 Å². The van der Waals surface area contributed by atoms with Crippen LogP contribution in [-0.4, -0.2) is 39.1 Å². The van der Waals surface area contributed by atoms with Gasteiger partial charge in [-0.25, -0.2) is 4.98 Å². The van der Waals surface area contributed by atoms with Crippen molar-refractivity contribution >= 4 is 5.65 Å². The van der Waals surface area contributed by atoms with Gasteiger partial charge in [0.25, 0.3) is 5.56 Å². The molecular weight excluding hydrogens is 254 g/mol. The lowest BCUT2D eigenvalue weighted by Crippen LogP contribution is -2.25. The van der Waals surface area contributed by atoms with E-state index in [9.17, 15) is 9.90 Å². The summed E-state index contributed by atoms with van der Waals surface area (Å²) in [7, 11) is 1.96. The van der Waals surface area contributed by atoms with Crippen molar-refractivity contribution in [3.8, 4) is 0 Å². The third-order valence-corrected chi connectivity index (χ3v) is 3.29. The van der Waals surface area contributed by atoms with E-state index >= 15 is 0 Å². The zero-order chi connectivity index (χ0) is 14.7. The van der Waals surface area contributed by atoms with E-state index in [0.29, 0.717) is 18.6 Å². The average molecular weight is 275 g/mol. The van der Waals surface area contributed by atoms with Gasteiger partial charge in [-0.05, 0) is 39.4 Å². The second-order valence-corrected chi connectivity index (χ2v) is 5.32. The van der Waals surface area contributed by atoms with Gasteiger partial charge in [0.15, 0.2) is 0 Å². The highest BCUT2D eigenvalue weighted by Crippen LogP contribution is 2.05. The number of hydrogen-bond acceptors (Lipinski definition) is 4. The summed E-state index contributed by atoms with van der Waals surface area (Å²) in [5.41, 5.74) is 2.27. The molecule has 0 aromatic carbocycles. The SMILES string of the molecule is Cc1cccc2nc(CN(C)CCC(C)O)cc(=O)n12. The summed E-state index contributed by atoms with van der Waals surface area (Å²) in [6.07, 6.45) is 0.401. The number of nitrogens with zero attached hydrogens (tertiary/aromatic N) is 3. The minimum atomic E-state index is -0.310. The minimum absolute atomic E-state index is 0.0490. The molecule has 0 spiro atoms. The van der Waals surface area contributed by atoms with Crippen molar-refractivity contribution < 1.29 is 5.11 Å². The molecule has 0 aliphatic rings. The summed E-state index contributed by atoms with van der Waals surface area (Å²) in [5, 5.41) is 9.29. The zero-order valence-electron chi connectivity index (χ0n) is 12.2. The van der Waals surface area contributed by atoms with Crippen LogP contribution in [0.4, 0.5) is 0 Å². The first-order valence-corrected chi connectivity index (χ1v) is 6.82. The van der Waals surface area contributed by atoms with Gasteiger partial charge >= 0.3 is 0 Å². The number of rotatable bonds is 5. The Labute approximate surface area is 118 Å². The van der Waals surface area contributed by atoms with E-state index in [2.05, 4.69) is 9.88 Å². The largest absolute Gasteiger partial charge is 0.393 e. The summed E-state index contributed by atoms with van der Waals surface area (Å²) < 4.78 is 1.61. The van der Waals surface area contributed by atoms with E-state index in [1.807, 2.05) is 32.2 Å². The predicted molar refractivity (Wildman–Crippen MR) is 78.8 cm³/mol. The highest BCUT2D eigenvalue weighted by Gasteiger charge is 2.07. The maximum atomic E-state index is 12.1. The van der Waals surface area contributed by atoms with E-state index in [0.717, 1.165) is 17.9 Å². The van der Waals surface area contributed by atoms with Crippen molar-refractivity contribution in [2.75, 3.05) is 13.6 Å². The number of pyridine rings is 1. The monoisotopic (exact) mass is 275 g/mol. The lowest BCUT2D eigenvalue weighted by atomic mass is 10.2. The fraction of sp³-hybridized carbons (Fsp3) is 0.467. The van der Waals surface area contributed by atoms with E-state index in [1.54, 1.807) is 17.4 Å². The molecule has 2 heterocycles. The highest BCUT2D eigenvalue weighted by molar-refractivity contribution is 5.40. The lowest BCUT2D eigenvalue weighted by Gasteiger charge is -2.17. The molecule has 0 fully saturated rings. The van der Waals surface area contributed by atoms with Crippen molar-refractivity contribution in [1.29, 1.82) is 0 Å². The molecule has 0 aliphatic heterocycles. The Bertz CT molecular complexity index is 649.